The Morgan fingerprint density at radius 3 is 1.55 bits per heavy atom. The summed E-state index contributed by atoms with van der Waals surface area (Å²) in [4.78, 5) is 24.2. The summed E-state index contributed by atoms with van der Waals surface area (Å²) in [6.07, 6.45) is 44.2. The van der Waals surface area contributed by atoms with Crippen LogP contribution in [0, 0.1) is 0 Å². The average Bonchev–Trinajstić information content (AvgIpc) is 3.02. The van der Waals surface area contributed by atoms with Crippen molar-refractivity contribution < 1.29 is 24.2 Å². The molecule has 0 aromatic rings. The van der Waals surface area contributed by atoms with Crippen LogP contribution in [0.5, 0.6) is 0 Å². The first kappa shape index (κ1) is 41.6. The van der Waals surface area contributed by atoms with Gasteiger partial charge in [0.05, 0.1) is 6.61 Å². The van der Waals surface area contributed by atoms with Crippen LogP contribution in [0.15, 0.2) is 60.8 Å². The van der Waals surface area contributed by atoms with E-state index < -0.39 is 6.10 Å². The summed E-state index contributed by atoms with van der Waals surface area (Å²) in [6.45, 7) is 3.95. The van der Waals surface area contributed by atoms with Crippen molar-refractivity contribution in [1.82, 2.24) is 0 Å². The molecule has 1 N–H and O–H groups in total. The second kappa shape index (κ2) is 35.1. The van der Waals surface area contributed by atoms with Gasteiger partial charge in [-0.3, -0.25) is 9.59 Å². The Hall–Kier alpha value is -2.40. The van der Waals surface area contributed by atoms with Crippen molar-refractivity contribution in [3.05, 3.63) is 60.8 Å². The van der Waals surface area contributed by atoms with Gasteiger partial charge in [-0.25, -0.2) is 0 Å². The highest BCUT2D eigenvalue weighted by Crippen LogP contribution is 2.12. The van der Waals surface area contributed by atoms with Crippen LogP contribution < -0.4 is 0 Å². The number of aliphatic hydroxyl groups excluding tert-OH is 1. The number of allylic oxidation sites excluding steroid dienone is 10. The van der Waals surface area contributed by atoms with E-state index in [1.165, 1.54) is 64.2 Å². The van der Waals surface area contributed by atoms with E-state index in [1.54, 1.807) is 0 Å². The molecular weight excluding hydrogens is 548 g/mol. The number of carbonyl (C=O) groups excluding carboxylic acids is 2. The largest absolute Gasteiger partial charge is 0.462 e. The zero-order valence-electron chi connectivity index (χ0n) is 28.4. The van der Waals surface area contributed by atoms with Crippen molar-refractivity contribution in [2.75, 3.05) is 13.2 Å². The van der Waals surface area contributed by atoms with Gasteiger partial charge in [0, 0.05) is 12.8 Å². The normalized spacial score (nSPS) is 12.9. The number of ether oxygens (including phenoxy) is 2. The van der Waals surface area contributed by atoms with Gasteiger partial charge in [0.25, 0.3) is 0 Å². The van der Waals surface area contributed by atoms with E-state index in [1.807, 2.05) is 0 Å². The van der Waals surface area contributed by atoms with Crippen LogP contribution in [0.25, 0.3) is 0 Å². The SMILES string of the molecule is CC/C=C\C/C=C\C/C=C\C/C=C\CCCCC(=O)OC[C@H](CO)OC(=O)CCCCCCCCC/C=C\CCCCCC. The molecule has 0 heterocycles. The number of esters is 2. The molecule has 0 rings (SSSR count). The highest BCUT2D eigenvalue weighted by atomic mass is 16.6. The third kappa shape index (κ3) is 32.5. The first-order chi connectivity index (χ1) is 21.6. The van der Waals surface area contributed by atoms with Gasteiger partial charge in [-0.2, -0.15) is 0 Å². The fourth-order valence-electron chi connectivity index (χ4n) is 4.60. The Labute approximate surface area is 271 Å². The van der Waals surface area contributed by atoms with E-state index in [9.17, 15) is 14.7 Å². The molecule has 0 aromatic carbocycles. The zero-order chi connectivity index (χ0) is 32.2. The predicted octanol–water partition coefficient (Wildman–Crippen LogP) is 10.8. The number of hydrogen-bond donors (Lipinski definition) is 1. The summed E-state index contributed by atoms with van der Waals surface area (Å²) in [6, 6.07) is 0. The number of hydrogen-bond acceptors (Lipinski definition) is 5. The summed E-state index contributed by atoms with van der Waals surface area (Å²) in [5.74, 6) is -0.650. The molecule has 44 heavy (non-hydrogen) atoms. The van der Waals surface area contributed by atoms with Crippen molar-refractivity contribution in [2.45, 2.75) is 161 Å². The van der Waals surface area contributed by atoms with Gasteiger partial charge in [0.2, 0.25) is 0 Å². The monoisotopic (exact) mass is 614 g/mol. The van der Waals surface area contributed by atoms with Crippen LogP contribution in [-0.4, -0.2) is 36.4 Å². The third-order valence-electron chi connectivity index (χ3n) is 7.30. The average molecular weight is 615 g/mol. The van der Waals surface area contributed by atoms with Crippen molar-refractivity contribution in [1.29, 1.82) is 0 Å². The summed E-state index contributed by atoms with van der Waals surface area (Å²) < 4.78 is 10.5. The summed E-state index contributed by atoms with van der Waals surface area (Å²) >= 11 is 0. The standard InChI is InChI=1S/C39H66O5/c1-3-5-7-9-11-13-15-17-19-21-23-25-27-29-31-33-38(41)43-36-37(35-40)44-39(42)34-32-30-28-26-24-22-20-18-16-14-12-10-8-6-4-2/h5,7,11,13-14,16-17,19,23,25,37,40H,3-4,6,8-10,12,15,18,20-22,24,26-36H2,1-2H3/b7-5-,13-11-,16-14-,19-17-,25-23-/t37-/m0/s1. The molecule has 0 aliphatic carbocycles. The number of carbonyl (C=O) groups is 2. The predicted molar refractivity (Wildman–Crippen MR) is 187 cm³/mol. The highest BCUT2D eigenvalue weighted by Gasteiger charge is 2.16. The smallest absolute Gasteiger partial charge is 0.306 e. The fourth-order valence-corrected chi connectivity index (χ4v) is 4.60. The molecule has 0 saturated carbocycles. The lowest BCUT2D eigenvalue weighted by molar-refractivity contribution is -0.161. The quantitative estimate of drug-likeness (QED) is 0.0478. The molecular formula is C39H66O5. The highest BCUT2D eigenvalue weighted by molar-refractivity contribution is 5.70. The van der Waals surface area contributed by atoms with Gasteiger partial charge in [-0.1, -0.05) is 126 Å². The van der Waals surface area contributed by atoms with Gasteiger partial charge in [-0.15, -0.1) is 0 Å². The molecule has 0 amide bonds. The van der Waals surface area contributed by atoms with Crippen molar-refractivity contribution >= 4 is 11.9 Å². The second-order valence-corrected chi connectivity index (χ2v) is 11.6. The molecule has 5 heteroatoms. The molecule has 0 aromatic heterocycles. The molecule has 0 spiro atoms. The van der Waals surface area contributed by atoms with Gasteiger partial charge in [-0.05, 0) is 77.0 Å². The third-order valence-corrected chi connectivity index (χ3v) is 7.30. The molecule has 0 unspecified atom stereocenters. The maximum atomic E-state index is 12.1. The number of unbranched alkanes of at least 4 members (excludes halogenated alkanes) is 13. The Morgan fingerprint density at radius 2 is 0.977 bits per heavy atom. The molecule has 252 valence electrons. The molecule has 0 aliphatic heterocycles. The van der Waals surface area contributed by atoms with Crippen molar-refractivity contribution in [2.24, 2.45) is 0 Å². The first-order valence-corrected chi connectivity index (χ1v) is 17.8. The van der Waals surface area contributed by atoms with E-state index in [2.05, 4.69) is 74.6 Å². The minimum atomic E-state index is -0.791. The lowest BCUT2D eigenvalue weighted by Gasteiger charge is -2.15. The Bertz CT molecular complexity index is 792. The zero-order valence-corrected chi connectivity index (χ0v) is 28.4. The summed E-state index contributed by atoms with van der Waals surface area (Å²) in [5.41, 5.74) is 0. The number of rotatable bonds is 31. The van der Waals surface area contributed by atoms with Crippen molar-refractivity contribution in [3.63, 3.8) is 0 Å². The minimum absolute atomic E-state index is 0.0913. The molecule has 0 radical (unpaired) electrons. The van der Waals surface area contributed by atoms with E-state index in [0.717, 1.165) is 64.2 Å². The Kier molecular flexibility index (Phi) is 33.2. The van der Waals surface area contributed by atoms with Crippen LogP contribution in [0.2, 0.25) is 0 Å². The molecule has 0 aliphatic rings. The molecule has 1 atom stereocenters. The van der Waals surface area contributed by atoms with Crippen molar-refractivity contribution in [3.8, 4) is 0 Å². The second-order valence-electron chi connectivity index (χ2n) is 11.6. The van der Waals surface area contributed by atoms with Gasteiger partial charge in [0.15, 0.2) is 6.10 Å². The van der Waals surface area contributed by atoms with Gasteiger partial charge >= 0.3 is 11.9 Å². The summed E-state index contributed by atoms with van der Waals surface area (Å²) in [7, 11) is 0. The maximum absolute atomic E-state index is 12.1. The fraction of sp³-hybridized carbons (Fsp3) is 0.692. The van der Waals surface area contributed by atoms with Crippen LogP contribution >= 0.6 is 0 Å². The van der Waals surface area contributed by atoms with E-state index in [0.29, 0.717) is 12.8 Å². The molecule has 5 nitrogen and oxygen atoms in total. The molecule has 0 fully saturated rings. The minimum Gasteiger partial charge on any atom is -0.462 e. The maximum Gasteiger partial charge on any atom is 0.306 e. The lowest BCUT2D eigenvalue weighted by Crippen LogP contribution is -2.28. The van der Waals surface area contributed by atoms with Gasteiger partial charge in [0.1, 0.15) is 6.61 Å². The van der Waals surface area contributed by atoms with Crippen LogP contribution in [0.4, 0.5) is 0 Å². The van der Waals surface area contributed by atoms with Crippen LogP contribution in [-0.2, 0) is 19.1 Å². The topological polar surface area (TPSA) is 72.8 Å². The van der Waals surface area contributed by atoms with E-state index >= 15 is 0 Å². The summed E-state index contributed by atoms with van der Waals surface area (Å²) in [5, 5.41) is 9.52. The Balaban J connectivity index is 3.67. The van der Waals surface area contributed by atoms with E-state index in [4.69, 9.17) is 9.47 Å². The Morgan fingerprint density at radius 1 is 0.545 bits per heavy atom. The number of aliphatic hydroxyl groups is 1. The van der Waals surface area contributed by atoms with Crippen LogP contribution in [0.3, 0.4) is 0 Å². The van der Waals surface area contributed by atoms with Gasteiger partial charge < -0.3 is 14.6 Å². The lowest BCUT2D eigenvalue weighted by atomic mass is 10.1. The molecule has 0 saturated heterocycles. The van der Waals surface area contributed by atoms with Crippen LogP contribution in [0.1, 0.15) is 155 Å². The van der Waals surface area contributed by atoms with E-state index in [-0.39, 0.29) is 25.2 Å². The first-order valence-electron chi connectivity index (χ1n) is 17.8. The molecule has 0 bridgehead atoms.